The van der Waals surface area contributed by atoms with Gasteiger partial charge in [0.1, 0.15) is 12.4 Å². The summed E-state index contributed by atoms with van der Waals surface area (Å²) in [6.07, 6.45) is 0.770. The van der Waals surface area contributed by atoms with Crippen molar-refractivity contribution in [2.45, 2.75) is 19.6 Å². The highest BCUT2D eigenvalue weighted by Crippen LogP contribution is 2.29. The lowest BCUT2D eigenvalue weighted by molar-refractivity contribution is -0.130. The molecule has 0 atom stereocenters. The summed E-state index contributed by atoms with van der Waals surface area (Å²) in [7, 11) is 5.16. The van der Waals surface area contributed by atoms with Gasteiger partial charge in [-0.1, -0.05) is 24.3 Å². The predicted molar refractivity (Wildman–Crippen MR) is 133 cm³/mol. The number of hydrogen-bond acceptors (Lipinski definition) is 5. The number of ether oxygens (including phenoxy) is 2. The van der Waals surface area contributed by atoms with Crippen molar-refractivity contribution in [1.29, 1.82) is 0 Å². The third kappa shape index (κ3) is 8.35. The predicted octanol–water partition coefficient (Wildman–Crippen LogP) is 5.03. The number of halogens is 2. The van der Waals surface area contributed by atoms with Gasteiger partial charge < -0.3 is 14.4 Å². The first-order valence-corrected chi connectivity index (χ1v) is 11.3. The Bertz CT molecular complexity index is 1010. The molecule has 0 saturated carbocycles. The van der Waals surface area contributed by atoms with Crippen molar-refractivity contribution < 1.29 is 18.7 Å². The lowest BCUT2D eigenvalue weighted by Crippen LogP contribution is -2.37. The van der Waals surface area contributed by atoms with Crippen LogP contribution in [0.2, 0.25) is 0 Å². The average Bonchev–Trinajstić information content (AvgIpc) is 3.29. The first-order valence-electron chi connectivity index (χ1n) is 10.4. The standard InChI is InChI=1S/C25H29FN2O3S.ClH/c1-27(2)25(29)17-28(16-22-8-5-13-32-22)12-11-19-9-10-23(24(15-19)30-3)31-18-20-6-4-7-21(26)14-20;/h4-10,13-15H,11-12,16-18H2,1-3H3;1H. The van der Waals surface area contributed by atoms with Crippen LogP contribution >= 0.6 is 23.7 Å². The molecule has 2 aromatic carbocycles. The van der Waals surface area contributed by atoms with Gasteiger partial charge in [0, 0.05) is 32.1 Å². The Hall–Kier alpha value is -2.61. The van der Waals surface area contributed by atoms with Crippen molar-refractivity contribution >= 4 is 29.7 Å². The van der Waals surface area contributed by atoms with Crippen LogP contribution in [-0.2, 0) is 24.4 Å². The molecule has 0 unspecified atom stereocenters. The Balaban J connectivity index is 0.00000385. The molecule has 178 valence electrons. The summed E-state index contributed by atoms with van der Waals surface area (Å²) < 4.78 is 24.7. The summed E-state index contributed by atoms with van der Waals surface area (Å²) in [6.45, 7) is 2.11. The number of carbonyl (C=O) groups is 1. The van der Waals surface area contributed by atoms with E-state index in [0.717, 1.165) is 30.6 Å². The van der Waals surface area contributed by atoms with Gasteiger partial charge in [0.2, 0.25) is 5.91 Å². The Kier molecular flexibility index (Phi) is 10.6. The Morgan fingerprint density at radius 1 is 1.03 bits per heavy atom. The largest absolute Gasteiger partial charge is 0.493 e. The summed E-state index contributed by atoms with van der Waals surface area (Å²) in [4.78, 5) is 17.3. The second-order valence-corrected chi connectivity index (χ2v) is 8.76. The number of methoxy groups -OCH3 is 1. The van der Waals surface area contributed by atoms with Gasteiger partial charge in [-0.15, -0.1) is 23.7 Å². The monoisotopic (exact) mass is 492 g/mol. The van der Waals surface area contributed by atoms with Crippen molar-refractivity contribution in [3.8, 4) is 11.5 Å². The molecule has 3 rings (SSSR count). The molecule has 1 heterocycles. The number of carbonyl (C=O) groups excluding carboxylic acids is 1. The maximum Gasteiger partial charge on any atom is 0.236 e. The topological polar surface area (TPSA) is 42.0 Å². The fraction of sp³-hybridized carbons (Fsp3) is 0.320. The Morgan fingerprint density at radius 3 is 2.52 bits per heavy atom. The van der Waals surface area contributed by atoms with Gasteiger partial charge in [0.25, 0.3) is 0 Å². The van der Waals surface area contributed by atoms with Crippen LogP contribution < -0.4 is 9.47 Å². The molecule has 3 aromatic rings. The van der Waals surface area contributed by atoms with Crippen molar-refractivity contribution in [2.24, 2.45) is 0 Å². The van der Waals surface area contributed by atoms with Gasteiger partial charge in [-0.05, 0) is 53.3 Å². The van der Waals surface area contributed by atoms with Gasteiger partial charge in [-0.2, -0.15) is 0 Å². The van der Waals surface area contributed by atoms with E-state index < -0.39 is 0 Å². The minimum Gasteiger partial charge on any atom is -0.493 e. The molecule has 1 aromatic heterocycles. The zero-order chi connectivity index (χ0) is 22.9. The van der Waals surface area contributed by atoms with Gasteiger partial charge in [-0.25, -0.2) is 4.39 Å². The van der Waals surface area contributed by atoms with E-state index in [-0.39, 0.29) is 30.7 Å². The van der Waals surface area contributed by atoms with Crippen LogP contribution in [-0.4, -0.2) is 50.0 Å². The molecular formula is C25H30ClFN2O3S. The zero-order valence-electron chi connectivity index (χ0n) is 19.1. The molecule has 0 spiro atoms. The van der Waals surface area contributed by atoms with Gasteiger partial charge in [-0.3, -0.25) is 9.69 Å². The van der Waals surface area contributed by atoms with Crippen molar-refractivity contribution in [2.75, 3.05) is 34.3 Å². The molecule has 5 nitrogen and oxygen atoms in total. The minimum atomic E-state index is -0.284. The summed E-state index contributed by atoms with van der Waals surface area (Å²) in [5.74, 6) is 1.04. The number of benzene rings is 2. The Labute approximate surface area is 205 Å². The second kappa shape index (κ2) is 13.2. The smallest absolute Gasteiger partial charge is 0.236 e. The second-order valence-electron chi connectivity index (χ2n) is 7.73. The van der Waals surface area contributed by atoms with E-state index in [9.17, 15) is 9.18 Å². The fourth-order valence-corrected chi connectivity index (χ4v) is 3.98. The summed E-state index contributed by atoms with van der Waals surface area (Å²) in [5, 5.41) is 2.05. The van der Waals surface area contributed by atoms with E-state index in [2.05, 4.69) is 16.3 Å². The van der Waals surface area contributed by atoms with E-state index in [0.29, 0.717) is 18.0 Å². The lowest BCUT2D eigenvalue weighted by Gasteiger charge is -2.23. The van der Waals surface area contributed by atoms with Crippen LogP contribution in [0.3, 0.4) is 0 Å². The molecule has 0 aliphatic carbocycles. The van der Waals surface area contributed by atoms with Crippen LogP contribution in [0, 0.1) is 5.82 Å². The molecule has 0 saturated heterocycles. The van der Waals surface area contributed by atoms with Crippen molar-refractivity contribution in [1.82, 2.24) is 9.80 Å². The van der Waals surface area contributed by atoms with Crippen molar-refractivity contribution in [3.63, 3.8) is 0 Å². The van der Waals surface area contributed by atoms with E-state index in [1.165, 1.54) is 17.0 Å². The maximum atomic E-state index is 13.4. The van der Waals surface area contributed by atoms with Crippen LogP contribution in [0.15, 0.2) is 60.0 Å². The number of nitrogens with zero attached hydrogens (tertiary/aromatic N) is 2. The molecule has 8 heteroatoms. The van der Waals surface area contributed by atoms with E-state index >= 15 is 0 Å². The zero-order valence-corrected chi connectivity index (χ0v) is 20.8. The average molecular weight is 493 g/mol. The fourth-order valence-electron chi connectivity index (χ4n) is 3.23. The Morgan fingerprint density at radius 2 is 1.85 bits per heavy atom. The molecule has 0 aliphatic rings. The molecule has 0 fully saturated rings. The van der Waals surface area contributed by atoms with E-state index in [1.54, 1.807) is 43.5 Å². The minimum absolute atomic E-state index is 0. The molecular weight excluding hydrogens is 463 g/mol. The quantitative estimate of drug-likeness (QED) is 0.376. The van der Waals surface area contributed by atoms with Crippen LogP contribution in [0.25, 0.3) is 0 Å². The SMILES string of the molecule is COc1cc(CCN(CC(=O)N(C)C)Cc2cccs2)ccc1OCc1cccc(F)c1.Cl. The van der Waals surface area contributed by atoms with Gasteiger partial charge >= 0.3 is 0 Å². The third-order valence-electron chi connectivity index (χ3n) is 5.05. The normalized spacial score (nSPS) is 10.6. The van der Waals surface area contributed by atoms with Crippen LogP contribution in [0.4, 0.5) is 4.39 Å². The molecule has 1 amide bonds. The molecule has 0 N–H and O–H groups in total. The molecule has 0 bridgehead atoms. The number of likely N-dealkylation sites (N-methyl/N-ethyl adjacent to an activating group) is 1. The maximum absolute atomic E-state index is 13.4. The van der Waals surface area contributed by atoms with Crippen molar-refractivity contribution in [3.05, 3.63) is 81.8 Å². The highest BCUT2D eigenvalue weighted by molar-refractivity contribution is 7.09. The van der Waals surface area contributed by atoms with Gasteiger partial charge in [0.05, 0.1) is 13.7 Å². The number of amides is 1. The van der Waals surface area contributed by atoms with Crippen LogP contribution in [0.1, 0.15) is 16.0 Å². The number of rotatable bonds is 11. The van der Waals surface area contributed by atoms with E-state index in [4.69, 9.17) is 9.47 Å². The third-order valence-corrected chi connectivity index (χ3v) is 5.91. The highest BCUT2D eigenvalue weighted by Gasteiger charge is 2.14. The van der Waals surface area contributed by atoms with Gasteiger partial charge in [0.15, 0.2) is 11.5 Å². The molecule has 0 radical (unpaired) electrons. The number of hydrogen-bond donors (Lipinski definition) is 0. The summed E-state index contributed by atoms with van der Waals surface area (Å²) in [6, 6.07) is 16.3. The first kappa shape index (κ1) is 26.6. The lowest BCUT2D eigenvalue weighted by atomic mass is 10.1. The highest BCUT2D eigenvalue weighted by atomic mass is 35.5. The van der Waals surface area contributed by atoms with Crippen LogP contribution in [0.5, 0.6) is 11.5 Å². The summed E-state index contributed by atoms with van der Waals surface area (Å²) >= 11 is 1.69. The first-order chi connectivity index (χ1) is 15.4. The summed E-state index contributed by atoms with van der Waals surface area (Å²) in [5.41, 5.74) is 1.85. The number of thiophene rings is 1. The molecule has 0 aliphatic heterocycles. The molecule has 33 heavy (non-hydrogen) atoms. The van der Waals surface area contributed by atoms with E-state index in [1.807, 2.05) is 30.3 Å².